The molecule has 0 aromatic carbocycles. The van der Waals surface area contributed by atoms with Crippen molar-refractivity contribution in [2.75, 3.05) is 5.32 Å². The first kappa shape index (κ1) is 17.9. The van der Waals surface area contributed by atoms with Gasteiger partial charge < -0.3 is 10.1 Å². The number of hydrogen-bond acceptors (Lipinski definition) is 5. The number of halogens is 1. The monoisotopic (exact) mass is 381 g/mol. The topological polar surface area (TPSA) is 73.2 Å². The van der Waals surface area contributed by atoms with Gasteiger partial charge in [-0.05, 0) is 45.1 Å². The number of rotatable bonds is 4. The second-order valence-electron chi connectivity index (χ2n) is 6.29. The van der Waals surface area contributed by atoms with E-state index in [0.29, 0.717) is 10.6 Å². The van der Waals surface area contributed by atoms with Crippen molar-refractivity contribution in [3.63, 3.8) is 0 Å². The van der Waals surface area contributed by atoms with Crippen LogP contribution in [-0.4, -0.2) is 27.8 Å². The average Bonchev–Trinajstić information content (AvgIpc) is 3.06. The lowest BCUT2D eigenvalue weighted by atomic mass is 9.95. The lowest BCUT2D eigenvalue weighted by Gasteiger charge is -2.14. The van der Waals surface area contributed by atoms with E-state index in [2.05, 4.69) is 10.4 Å². The molecule has 0 saturated carbocycles. The fraction of sp³-hybridized carbons (Fsp3) is 0.471. The number of nitrogens with one attached hydrogen (secondary N) is 1. The van der Waals surface area contributed by atoms with Crippen molar-refractivity contribution < 1.29 is 14.3 Å². The molecule has 1 aliphatic rings. The molecule has 8 heteroatoms. The van der Waals surface area contributed by atoms with Crippen LogP contribution in [0.1, 0.15) is 58.0 Å². The predicted octanol–water partition coefficient (Wildman–Crippen LogP) is 3.83. The number of hydrogen-bond donors (Lipinski definition) is 1. The summed E-state index contributed by atoms with van der Waals surface area (Å²) in [7, 11) is 1.65. The number of aryl methyl sites for hydroxylation is 2. The van der Waals surface area contributed by atoms with E-state index < -0.39 is 0 Å². The fourth-order valence-corrected chi connectivity index (χ4v) is 4.50. The summed E-state index contributed by atoms with van der Waals surface area (Å²) in [6.45, 7) is 3.62. The molecular weight excluding hydrogens is 362 g/mol. The summed E-state index contributed by atoms with van der Waals surface area (Å²) in [4.78, 5) is 26.4. The van der Waals surface area contributed by atoms with Crippen LogP contribution in [0, 0.1) is 0 Å². The third-order valence-electron chi connectivity index (χ3n) is 4.05. The summed E-state index contributed by atoms with van der Waals surface area (Å²) < 4.78 is 6.81. The van der Waals surface area contributed by atoms with Crippen molar-refractivity contribution in [3.05, 3.63) is 32.9 Å². The molecule has 1 amide bonds. The molecule has 2 aromatic rings. The smallest absolute Gasteiger partial charge is 0.341 e. The first-order valence-electron chi connectivity index (χ1n) is 8.22. The van der Waals surface area contributed by atoms with Crippen molar-refractivity contribution in [1.29, 1.82) is 0 Å². The third-order valence-corrected chi connectivity index (χ3v) is 5.54. The van der Waals surface area contributed by atoms with Gasteiger partial charge >= 0.3 is 5.97 Å². The Kier molecular flexibility index (Phi) is 5.15. The molecule has 2 aromatic heterocycles. The highest BCUT2D eigenvalue weighted by atomic mass is 35.5. The van der Waals surface area contributed by atoms with Gasteiger partial charge in [-0.25, -0.2) is 4.79 Å². The second kappa shape index (κ2) is 7.17. The molecule has 0 unspecified atom stereocenters. The fourth-order valence-electron chi connectivity index (χ4n) is 2.97. The minimum Gasteiger partial charge on any atom is -0.459 e. The van der Waals surface area contributed by atoms with Crippen LogP contribution in [0.3, 0.4) is 0 Å². The number of thiophene rings is 1. The maximum absolute atomic E-state index is 12.6. The Labute approximate surface area is 155 Å². The Balaban J connectivity index is 1.96. The molecule has 1 N–H and O–H groups in total. The molecule has 0 aliphatic heterocycles. The van der Waals surface area contributed by atoms with Gasteiger partial charge in [-0.2, -0.15) is 5.10 Å². The van der Waals surface area contributed by atoms with E-state index in [-0.39, 0.29) is 28.7 Å². The van der Waals surface area contributed by atoms with E-state index in [1.807, 2.05) is 13.8 Å². The molecule has 25 heavy (non-hydrogen) atoms. The van der Waals surface area contributed by atoms with Crippen LogP contribution in [0.25, 0.3) is 0 Å². The molecule has 1 aliphatic carbocycles. The van der Waals surface area contributed by atoms with Gasteiger partial charge in [-0.1, -0.05) is 11.6 Å². The van der Waals surface area contributed by atoms with Crippen LogP contribution >= 0.6 is 22.9 Å². The van der Waals surface area contributed by atoms with Crippen molar-refractivity contribution in [1.82, 2.24) is 9.78 Å². The van der Waals surface area contributed by atoms with Crippen molar-refractivity contribution in [3.8, 4) is 0 Å². The number of aromatic nitrogens is 2. The van der Waals surface area contributed by atoms with Gasteiger partial charge in [0.05, 0.1) is 22.9 Å². The minimum absolute atomic E-state index is 0.221. The number of carbonyl (C=O) groups excluding carboxylic acids is 2. The molecular formula is C17H20ClN3O3S. The Morgan fingerprint density at radius 3 is 2.72 bits per heavy atom. The van der Waals surface area contributed by atoms with Gasteiger partial charge in [0.1, 0.15) is 10.7 Å². The van der Waals surface area contributed by atoms with Crippen molar-refractivity contribution in [2.45, 2.75) is 45.6 Å². The molecule has 0 bridgehead atoms. The van der Waals surface area contributed by atoms with Crippen LogP contribution in [0.4, 0.5) is 5.00 Å². The molecule has 0 atom stereocenters. The van der Waals surface area contributed by atoms with Crippen LogP contribution in [0.15, 0.2) is 6.20 Å². The zero-order valence-corrected chi connectivity index (χ0v) is 16.0. The van der Waals surface area contributed by atoms with Gasteiger partial charge in [-0.3, -0.25) is 9.48 Å². The number of fused-ring (bicyclic) bond motifs is 1. The Hall–Kier alpha value is -1.86. The SMILES string of the molecule is CC(C)OC(=O)c1c(NC(=O)c2c(Cl)cnn2C)sc2c1CCCC2. The highest BCUT2D eigenvalue weighted by Crippen LogP contribution is 2.39. The molecule has 6 nitrogen and oxygen atoms in total. The maximum Gasteiger partial charge on any atom is 0.341 e. The van der Waals surface area contributed by atoms with E-state index in [0.717, 1.165) is 36.1 Å². The first-order valence-corrected chi connectivity index (χ1v) is 9.42. The average molecular weight is 382 g/mol. The number of amides is 1. The predicted molar refractivity (Wildman–Crippen MR) is 97.7 cm³/mol. The summed E-state index contributed by atoms with van der Waals surface area (Å²) in [5, 5.41) is 7.61. The van der Waals surface area contributed by atoms with Crippen molar-refractivity contribution in [2.24, 2.45) is 7.05 Å². The number of ether oxygens (including phenoxy) is 1. The Morgan fingerprint density at radius 2 is 2.08 bits per heavy atom. The van der Waals surface area contributed by atoms with Gasteiger partial charge in [0.2, 0.25) is 0 Å². The minimum atomic E-state index is -0.388. The van der Waals surface area contributed by atoms with Gasteiger partial charge in [0, 0.05) is 11.9 Å². The van der Waals surface area contributed by atoms with E-state index in [1.165, 1.54) is 22.2 Å². The zero-order valence-electron chi connectivity index (χ0n) is 14.4. The zero-order chi connectivity index (χ0) is 18.1. The van der Waals surface area contributed by atoms with Crippen molar-refractivity contribution >= 4 is 39.8 Å². The first-order chi connectivity index (χ1) is 11.9. The number of esters is 1. The molecule has 134 valence electrons. The molecule has 0 radical (unpaired) electrons. The largest absolute Gasteiger partial charge is 0.459 e. The summed E-state index contributed by atoms with van der Waals surface area (Å²) in [5.41, 5.74) is 1.75. The van der Waals surface area contributed by atoms with Gasteiger partial charge in [0.25, 0.3) is 5.91 Å². The summed E-state index contributed by atoms with van der Waals surface area (Å²) in [6, 6.07) is 0. The molecule has 3 rings (SSSR count). The third kappa shape index (κ3) is 3.57. The van der Waals surface area contributed by atoms with E-state index in [9.17, 15) is 9.59 Å². The normalized spacial score (nSPS) is 13.6. The van der Waals surface area contributed by atoms with Crippen LogP contribution in [0.5, 0.6) is 0 Å². The second-order valence-corrected chi connectivity index (χ2v) is 7.80. The Bertz CT molecular complexity index is 806. The number of nitrogens with zero attached hydrogens (tertiary/aromatic N) is 2. The Morgan fingerprint density at radius 1 is 1.36 bits per heavy atom. The highest BCUT2D eigenvalue weighted by Gasteiger charge is 2.28. The van der Waals surface area contributed by atoms with Gasteiger partial charge in [-0.15, -0.1) is 11.3 Å². The molecule has 2 heterocycles. The quantitative estimate of drug-likeness (QED) is 0.817. The van der Waals surface area contributed by atoms with Crippen LogP contribution in [0.2, 0.25) is 5.02 Å². The lowest BCUT2D eigenvalue weighted by molar-refractivity contribution is 0.0378. The standard InChI is InChI=1S/C17H20ClN3O3S/c1-9(2)24-17(23)13-10-6-4-5-7-12(10)25-16(13)20-15(22)14-11(18)8-19-21(14)3/h8-9H,4-7H2,1-3H3,(H,20,22). The highest BCUT2D eigenvalue weighted by molar-refractivity contribution is 7.17. The van der Waals surface area contributed by atoms with E-state index in [1.54, 1.807) is 7.05 Å². The van der Waals surface area contributed by atoms with E-state index in [4.69, 9.17) is 16.3 Å². The molecule has 0 spiro atoms. The summed E-state index contributed by atoms with van der Waals surface area (Å²) in [5.74, 6) is -0.775. The molecule has 0 saturated heterocycles. The number of carbonyl (C=O) groups is 2. The van der Waals surface area contributed by atoms with Crippen LogP contribution < -0.4 is 5.32 Å². The molecule has 0 fully saturated rings. The lowest BCUT2D eigenvalue weighted by Crippen LogP contribution is -2.19. The summed E-state index contributed by atoms with van der Waals surface area (Å²) in [6.07, 6.45) is 5.08. The van der Waals surface area contributed by atoms with Gasteiger partial charge in [0.15, 0.2) is 0 Å². The maximum atomic E-state index is 12.6. The van der Waals surface area contributed by atoms with Crippen LogP contribution in [-0.2, 0) is 24.6 Å². The number of anilines is 1. The van der Waals surface area contributed by atoms with E-state index >= 15 is 0 Å². The summed E-state index contributed by atoms with van der Waals surface area (Å²) >= 11 is 7.50.